The number of urea groups is 1. The molecule has 2 aromatic heterocycles. The van der Waals surface area contributed by atoms with Gasteiger partial charge in [-0.15, -0.1) is 0 Å². The smallest absolute Gasteiger partial charge is 0.322 e. The van der Waals surface area contributed by atoms with Gasteiger partial charge in [0.2, 0.25) is 0 Å². The summed E-state index contributed by atoms with van der Waals surface area (Å²) >= 11 is 0. The number of fused-ring (bicyclic) bond motifs is 1. The SMILES string of the molecule is C=Cc1nc(Cc2c(C)nn(C)c2C)ccc1OC[C@]1(CN2Cc3ccc(OC)cc3C2=O)NC(=O)NC1=O. The van der Waals surface area contributed by atoms with E-state index in [2.05, 4.69) is 22.3 Å². The molecular weight excluding hydrogens is 500 g/mol. The van der Waals surface area contributed by atoms with Gasteiger partial charge in [-0.1, -0.05) is 12.6 Å². The van der Waals surface area contributed by atoms with Crippen molar-refractivity contribution >= 4 is 23.9 Å². The number of hydrogen-bond donors (Lipinski definition) is 2. The summed E-state index contributed by atoms with van der Waals surface area (Å²) in [6, 6.07) is 8.25. The second-order valence-electron chi connectivity index (χ2n) is 9.80. The fourth-order valence-electron chi connectivity index (χ4n) is 5.03. The van der Waals surface area contributed by atoms with Crippen LogP contribution in [0.4, 0.5) is 4.79 Å². The molecule has 0 aliphatic carbocycles. The van der Waals surface area contributed by atoms with E-state index in [1.54, 1.807) is 24.3 Å². The van der Waals surface area contributed by atoms with Gasteiger partial charge >= 0.3 is 6.03 Å². The van der Waals surface area contributed by atoms with E-state index < -0.39 is 17.5 Å². The molecule has 202 valence electrons. The summed E-state index contributed by atoms with van der Waals surface area (Å²) in [5.74, 6) is 0.148. The van der Waals surface area contributed by atoms with Crippen LogP contribution >= 0.6 is 0 Å². The molecule has 4 amide bonds. The molecule has 1 aromatic carbocycles. The van der Waals surface area contributed by atoms with Crippen molar-refractivity contribution in [2.45, 2.75) is 32.4 Å². The summed E-state index contributed by atoms with van der Waals surface area (Å²) in [7, 11) is 3.44. The molecule has 11 nitrogen and oxygen atoms in total. The fourth-order valence-corrected chi connectivity index (χ4v) is 5.03. The molecule has 39 heavy (non-hydrogen) atoms. The molecule has 1 atom stereocenters. The number of nitrogens with one attached hydrogen (secondary N) is 2. The van der Waals surface area contributed by atoms with Crippen LogP contribution in [-0.4, -0.2) is 63.3 Å². The lowest BCUT2D eigenvalue weighted by Gasteiger charge is -2.30. The third kappa shape index (κ3) is 4.71. The largest absolute Gasteiger partial charge is 0.497 e. The highest BCUT2D eigenvalue weighted by molar-refractivity contribution is 6.08. The first-order chi connectivity index (χ1) is 18.6. The molecule has 0 radical (unpaired) electrons. The molecule has 0 bridgehead atoms. The van der Waals surface area contributed by atoms with E-state index in [1.165, 1.54) is 12.0 Å². The summed E-state index contributed by atoms with van der Waals surface area (Å²) in [4.78, 5) is 44.5. The summed E-state index contributed by atoms with van der Waals surface area (Å²) < 4.78 is 13.2. The Morgan fingerprint density at radius 1 is 1.18 bits per heavy atom. The Balaban J connectivity index is 1.35. The zero-order valence-electron chi connectivity index (χ0n) is 22.3. The summed E-state index contributed by atoms with van der Waals surface area (Å²) in [6.45, 7) is 7.85. The zero-order valence-corrected chi connectivity index (χ0v) is 22.3. The Hall–Kier alpha value is -4.67. The summed E-state index contributed by atoms with van der Waals surface area (Å²) in [5.41, 5.74) is 4.26. The van der Waals surface area contributed by atoms with Crippen LogP contribution in [0.25, 0.3) is 6.08 Å². The van der Waals surface area contributed by atoms with Crippen LogP contribution in [0.1, 0.15) is 44.3 Å². The number of ether oxygens (including phenoxy) is 2. The predicted octanol–water partition coefficient (Wildman–Crippen LogP) is 2.29. The zero-order chi connectivity index (χ0) is 27.9. The Bertz CT molecular complexity index is 1510. The highest BCUT2D eigenvalue weighted by Crippen LogP contribution is 2.29. The van der Waals surface area contributed by atoms with Crippen molar-refractivity contribution in [3.8, 4) is 11.5 Å². The van der Waals surface area contributed by atoms with Crippen LogP contribution in [0.3, 0.4) is 0 Å². The van der Waals surface area contributed by atoms with Gasteiger partial charge in [0.15, 0.2) is 5.54 Å². The van der Waals surface area contributed by atoms with Gasteiger partial charge in [-0.2, -0.15) is 5.10 Å². The van der Waals surface area contributed by atoms with Crippen LogP contribution in [0.5, 0.6) is 11.5 Å². The third-order valence-electron chi connectivity index (χ3n) is 7.30. The van der Waals surface area contributed by atoms with Crippen LogP contribution in [0.2, 0.25) is 0 Å². The van der Waals surface area contributed by atoms with Gasteiger partial charge in [0.1, 0.15) is 23.8 Å². The molecule has 1 fully saturated rings. The quantitative estimate of drug-likeness (QED) is 0.406. The van der Waals surface area contributed by atoms with Crippen molar-refractivity contribution in [2.75, 3.05) is 20.3 Å². The molecule has 0 saturated carbocycles. The van der Waals surface area contributed by atoms with E-state index in [9.17, 15) is 14.4 Å². The number of hydrogen-bond acceptors (Lipinski definition) is 7. The molecule has 0 unspecified atom stereocenters. The van der Waals surface area contributed by atoms with E-state index in [1.807, 2.05) is 37.7 Å². The second kappa shape index (κ2) is 9.90. The maximum Gasteiger partial charge on any atom is 0.322 e. The molecule has 1 saturated heterocycles. The molecule has 3 aromatic rings. The third-order valence-corrected chi connectivity index (χ3v) is 7.30. The summed E-state index contributed by atoms with van der Waals surface area (Å²) in [5, 5.41) is 9.43. The first-order valence-electron chi connectivity index (χ1n) is 12.5. The number of methoxy groups -OCH3 is 1. The second-order valence-corrected chi connectivity index (χ2v) is 9.80. The normalized spacial score (nSPS) is 18.2. The lowest BCUT2D eigenvalue weighted by Crippen LogP contribution is -2.59. The standard InChI is InChI=1S/C28H30N6O5/c1-6-23-24(10-8-19(29-23)11-21-16(2)32-33(4)17(21)3)39-15-28(26(36)30-27(37)31-28)14-34-13-18-7-9-20(38-5)12-22(18)25(34)35/h6-10,12H,1,11,13-15H2,2-5H3,(H2,30,31,36,37)/t28-/m0/s1. The topological polar surface area (TPSA) is 128 Å². The minimum atomic E-state index is -1.49. The number of pyridine rings is 1. The van der Waals surface area contributed by atoms with Gasteiger partial charge in [0.25, 0.3) is 11.8 Å². The average molecular weight is 531 g/mol. The Morgan fingerprint density at radius 2 is 1.97 bits per heavy atom. The van der Waals surface area contributed by atoms with Gasteiger partial charge in [0, 0.05) is 42.5 Å². The number of carbonyl (C=O) groups excluding carboxylic acids is 3. The average Bonchev–Trinajstić information content (AvgIpc) is 3.47. The Labute approximate surface area is 225 Å². The van der Waals surface area contributed by atoms with E-state index in [0.29, 0.717) is 35.7 Å². The Morgan fingerprint density at radius 3 is 2.62 bits per heavy atom. The van der Waals surface area contributed by atoms with Crippen molar-refractivity contribution in [1.82, 2.24) is 30.3 Å². The highest BCUT2D eigenvalue weighted by Gasteiger charge is 2.50. The lowest BCUT2D eigenvalue weighted by molar-refractivity contribution is -0.125. The minimum absolute atomic E-state index is 0.0745. The minimum Gasteiger partial charge on any atom is -0.497 e. The monoisotopic (exact) mass is 530 g/mol. The molecule has 2 aliphatic heterocycles. The van der Waals surface area contributed by atoms with Gasteiger partial charge in [-0.05, 0) is 49.8 Å². The number of aromatic nitrogens is 3. The van der Waals surface area contributed by atoms with Crippen LogP contribution in [0.15, 0.2) is 36.9 Å². The number of benzene rings is 1. The first-order valence-corrected chi connectivity index (χ1v) is 12.5. The van der Waals surface area contributed by atoms with Crippen LogP contribution < -0.4 is 20.1 Å². The number of nitrogens with zero attached hydrogens (tertiary/aromatic N) is 4. The number of rotatable bonds is 9. The van der Waals surface area contributed by atoms with Crippen molar-refractivity contribution in [3.63, 3.8) is 0 Å². The number of amides is 4. The van der Waals surface area contributed by atoms with Crippen molar-refractivity contribution in [1.29, 1.82) is 0 Å². The highest BCUT2D eigenvalue weighted by atomic mass is 16.5. The number of imide groups is 1. The molecule has 2 N–H and O–H groups in total. The van der Waals surface area contributed by atoms with Crippen molar-refractivity contribution in [2.24, 2.45) is 7.05 Å². The molecule has 2 aliphatic rings. The molecular formula is C28H30N6O5. The van der Waals surface area contributed by atoms with Crippen LogP contribution in [-0.2, 0) is 24.8 Å². The van der Waals surface area contributed by atoms with Gasteiger partial charge in [-0.25, -0.2) is 9.78 Å². The predicted molar refractivity (Wildman–Crippen MR) is 142 cm³/mol. The number of aryl methyl sites for hydroxylation is 2. The van der Waals surface area contributed by atoms with E-state index in [-0.39, 0.29) is 19.1 Å². The van der Waals surface area contributed by atoms with Crippen LogP contribution in [0, 0.1) is 13.8 Å². The maximum absolute atomic E-state index is 13.2. The van der Waals surface area contributed by atoms with E-state index in [0.717, 1.165) is 28.2 Å². The maximum atomic E-state index is 13.2. The molecule has 4 heterocycles. The van der Waals surface area contributed by atoms with Gasteiger partial charge in [0.05, 0.1) is 19.3 Å². The first kappa shape index (κ1) is 26.0. The van der Waals surface area contributed by atoms with Gasteiger partial charge < -0.3 is 19.7 Å². The summed E-state index contributed by atoms with van der Waals surface area (Å²) in [6.07, 6.45) is 2.17. The Kier molecular flexibility index (Phi) is 6.59. The van der Waals surface area contributed by atoms with E-state index >= 15 is 0 Å². The lowest BCUT2D eigenvalue weighted by atomic mass is 10.00. The molecule has 5 rings (SSSR count). The van der Waals surface area contributed by atoms with Gasteiger partial charge in [-0.3, -0.25) is 19.6 Å². The van der Waals surface area contributed by atoms with Crippen molar-refractivity contribution in [3.05, 3.63) is 76.4 Å². The molecule has 11 heteroatoms. The fraction of sp³-hybridized carbons (Fsp3) is 0.321. The molecule has 0 spiro atoms. The van der Waals surface area contributed by atoms with E-state index in [4.69, 9.17) is 14.5 Å². The number of carbonyl (C=O) groups is 3. The van der Waals surface area contributed by atoms with Crippen molar-refractivity contribution < 1.29 is 23.9 Å².